The SMILES string of the molecule is COC(=O)C(NC(=O)Cc1ccc(-n2cnnn2)cc1)c1ccccc1. The molecule has 1 atom stereocenters. The van der Waals surface area contributed by atoms with Gasteiger partial charge in [-0.25, -0.2) is 9.48 Å². The van der Waals surface area contributed by atoms with E-state index in [0.717, 1.165) is 11.3 Å². The molecule has 8 heteroatoms. The molecule has 2 aromatic carbocycles. The molecule has 26 heavy (non-hydrogen) atoms. The van der Waals surface area contributed by atoms with Gasteiger partial charge in [0.05, 0.1) is 19.2 Å². The van der Waals surface area contributed by atoms with Crippen molar-refractivity contribution in [1.82, 2.24) is 25.5 Å². The van der Waals surface area contributed by atoms with E-state index in [9.17, 15) is 9.59 Å². The molecule has 132 valence electrons. The van der Waals surface area contributed by atoms with Crippen LogP contribution in [-0.4, -0.2) is 39.2 Å². The number of methoxy groups -OCH3 is 1. The fourth-order valence-corrected chi connectivity index (χ4v) is 2.49. The van der Waals surface area contributed by atoms with Gasteiger partial charge in [-0.3, -0.25) is 4.79 Å². The van der Waals surface area contributed by atoms with Gasteiger partial charge >= 0.3 is 5.97 Å². The van der Waals surface area contributed by atoms with Crippen LogP contribution in [0.3, 0.4) is 0 Å². The first-order valence-electron chi connectivity index (χ1n) is 7.92. The summed E-state index contributed by atoms with van der Waals surface area (Å²) in [7, 11) is 1.29. The number of hydrogen-bond donors (Lipinski definition) is 1. The Labute approximate surface area is 149 Å². The van der Waals surface area contributed by atoms with E-state index < -0.39 is 12.0 Å². The summed E-state index contributed by atoms with van der Waals surface area (Å²) in [6.07, 6.45) is 1.62. The highest BCUT2D eigenvalue weighted by molar-refractivity contribution is 5.86. The molecule has 3 aromatic rings. The van der Waals surface area contributed by atoms with Gasteiger partial charge in [0.1, 0.15) is 6.33 Å². The van der Waals surface area contributed by atoms with Gasteiger partial charge < -0.3 is 10.1 Å². The summed E-state index contributed by atoms with van der Waals surface area (Å²) in [5.41, 5.74) is 2.26. The molecule has 0 aliphatic heterocycles. The molecule has 1 heterocycles. The zero-order valence-corrected chi connectivity index (χ0v) is 14.1. The molecule has 0 aliphatic rings. The third kappa shape index (κ3) is 4.10. The van der Waals surface area contributed by atoms with Gasteiger partial charge in [0.15, 0.2) is 6.04 Å². The minimum atomic E-state index is -0.839. The molecular weight excluding hydrogens is 334 g/mol. The third-order valence-corrected chi connectivity index (χ3v) is 3.79. The van der Waals surface area contributed by atoms with Gasteiger partial charge in [0.25, 0.3) is 0 Å². The number of hydrogen-bond acceptors (Lipinski definition) is 6. The number of nitrogens with one attached hydrogen (secondary N) is 1. The lowest BCUT2D eigenvalue weighted by Gasteiger charge is -2.17. The van der Waals surface area contributed by atoms with Crippen molar-refractivity contribution in [3.05, 3.63) is 72.1 Å². The highest BCUT2D eigenvalue weighted by Crippen LogP contribution is 2.15. The lowest BCUT2D eigenvalue weighted by Crippen LogP contribution is -2.35. The second-order valence-electron chi connectivity index (χ2n) is 5.53. The molecule has 1 aromatic heterocycles. The van der Waals surface area contributed by atoms with Gasteiger partial charge in [0, 0.05) is 0 Å². The third-order valence-electron chi connectivity index (χ3n) is 3.79. The number of carbonyl (C=O) groups is 2. The summed E-state index contributed by atoms with van der Waals surface area (Å²) < 4.78 is 6.32. The van der Waals surface area contributed by atoms with E-state index in [0.29, 0.717) is 5.56 Å². The van der Waals surface area contributed by atoms with E-state index in [1.165, 1.54) is 18.1 Å². The average Bonchev–Trinajstić information content (AvgIpc) is 3.21. The van der Waals surface area contributed by atoms with Crippen LogP contribution in [0.5, 0.6) is 0 Å². The molecule has 0 fully saturated rings. The van der Waals surface area contributed by atoms with Crippen LogP contribution in [0, 0.1) is 0 Å². The van der Waals surface area contributed by atoms with E-state index in [1.54, 1.807) is 24.3 Å². The largest absolute Gasteiger partial charge is 0.467 e. The smallest absolute Gasteiger partial charge is 0.333 e. The number of rotatable bonds is 6. The van der Waals surface area contributed by atoms with E-state index in [2.05, 4.69) is 20.8 Å². The molecule has 0 saturated heterocycles. The zero-order valence-electron chi connectivity index (χ0n) is 14.1. The molecular formula is C18H17N5O3. The summed E-state index contributed by atoms with van der Waals surface area (Å²) in [6, 6.07) is 15.4. The average molecular weight is 351 g/mol. The van der Waals surface area contributed by atoms with E-state index in [-0.39, 0.29) is 12.3 Å². The highest BCUT2D eigenvalue weighted by Gasteiger charge is 2.23. The summed E-state index contributed by atoms with van der Waals surface area (Å²) in [5, 5.41) is 13.7. The summed E-state index contributed by atoms with van der Waals surface area (Å²) in [5.74, 6) is -0.794. The van der Waals surface area contributed by atoms with E-state index in [4.69, 9.17) is 4.74 Å². The van der Waals surface area contributed by atoms with Crippen molar-refractivity contribution in [3.8, 4) is 5.69 Å². The predicted octanol–water partition coefficient (Wildman–Crippen LogP) is 1.24. The second-order valence-corrected chi connectivity index (χ2v) is 5.53. The predicted molar refractivity (Wildman–Crippen MR) is 92.2 cm³/mol. The van der Waals surface area contributed by atoms with Crippen LogP contribution in [-0.2, 0) is 20.7 Å². The van der Waals surface area contributed by atoms with Crippen LogP contribution in [0.2, 0.25) is 0 Å². The lowest BCUT2D eigenvalue weighted by molar-refractivity contribution is -0.145. The van der Waals surface area contributed by atoms with Crippen molar-refractivity contribution < 1.29 is 14.3 Å². The number of ether oxygens (including phenoxy) is 1. The van der Waals surface area contributed by atoms with Crippen molar-refractivity contribution in [2.24, 2.45) is 0 Å². The first-order valence-corrected chi connectivity index (χ1v) is 7.92. The van der Waals surface area contributed by atoms with Crippen LogP contribution >= 0.6 is 0 Å². The number of nitrogens with zero attached hydrogens (tertiary/aromatic N) is 4. The molecule has 0 radical (unpaired) electrons. The number of benzene rings is 2. The fraction of sp³-hybridized carbons (Fsp3) is 0.167. The van der Waals surface area contributed by atoms with Crippen molar-refractivity contribution in [2.75, 3.05) is 7.11 Å². The Morgan fingerprint density at radius 2 is 1.85 bits per heavy atom. The van der Waals surface area contributed by atoms with Crippen LogP contribution in [0.4, 0.5) is 0 Å². The van der Waals surface area contributed by atoms with Crippen molar-refractivity contribution in [3.63, 3.8) is 0 Å². The topological polar surface area (TPSA) is 99.0 Å². The Hall–Kier alpha value is -3.55. The summed E-state index contributed by atoms with van der Waals surface area (Å²) in [6.45, 7) is 0. The lowest BCUT2D eigenvalue weighted by atomic mass is 10.1. The van der Waals surface area contributed by atoms with Gasteiger partial charge in [0.2, 0.25) is 5.91 Å². The molecule has 0 spiro atoms. The molecule has 0 aliphatic carbocycles. The minimum absolute atomic E-state index is 0.135. The maximum absolute atomic E-state index is 12.4. The van der Waals surface area contributed by atoms with Crippen molar-refractivity contribution >= 4 is 11.9 Å². The molecule has 0 bridgehead atoms. The van der Waals surface area contributed by atoms with Crippen LogP contribution in [0.15, 0.2) is 60.9 Å². The molecule has 1 N–H and O–H groups in total. The number of amides is 1. The Morgan fingerprint density at radius 1 is 1.12 bits per heavy atom. The van der Waals surface area contributed by atoms with Crippen LogP contribution in [0.1, 0.15) is 17.2 Å². The first-order chi connectivity index (χ1) is 12.7. The number of esters is 1. The monoisotopic (exact) mass is 351 g/mol. The quantitative estimate of drug-likeness (QED) is 0.671. The molecule has 3 rings (SSSR count). The van der Waals surface area contributed by atoms with Gasteiger partial charge in [-0.05, 0) is 33.7 Å². The van der Waals surface area contributed by atoms with Gasteiger partial charge in [-0.2, -0.15) is 0 Å². The molecule has 1 amide bonds. The summed E-state index contributed by atoms with van der Waals surface area (Å²) >= 11 is 0. The Bertz CT molecular complexity index is 864. The normalized spacial score (nSPS) is 11.6. The molecule has 0 saturated carbocycles. The standard InChI is InChI=1S/C18H17N5O3/c1-26-18(25)17(14-5-3-2-4-6-14)20-16(24)11-13-7-9-15(10-8-13)23-12-19-21-22-23/h2-10,12,17H,11H2,1H3,(H,20,24). The summed E-state index contributed by atoms with van der Waals surface area (Å²) in [4.78, 5) is 24.4. The zero-order chi connectivity index (χ0) is 18.4. The van der Waals surface area contributed by atoms with E-state index >= 15 is 0 Å². The Kier molecular flexibility index (Phi) is 5.33. The molecule has 8 nitrogen and oxygen atoms in total. The van der Waals surface area contributed by atoms with Crippen LogP contribution in [0.25, 0.3) is 5.69 Å². The first kappa shape index (κ1) is 17.3. The maximum Gasteiger partial charge on any atom is 0.333 e. The Morgan fingerprint density at radius 3 is 2.46 bits per heavy atom. The van der Waals surface area contributed by atoms with Gasteiger partial charge in [-0.1, -0.05) is 42.5 Å². The second kappa shape index (κ2) is 8.02. The number of carbonyl (C=O) groups excluding carboxylic acids is 2. The number of aromatic nitrogens is 4. The fourth-order valence-electron chi connectivity index (χ4n) is 2.49. The minimum Gasteiger partial charge on any atom is -0.467 e. The molecule has 1 unspecified atom stereocenters. The highest BCUT2D eigenvalue weighted by atomic mass is 16.5. The van der Waals surface area contributed by atoms with E-state index in [1.807, 2.05) is 30.3 Å². The maximum atomic E-state index is 12.4. The van der Waals surface area contributed by atoms with Gasteiger partial charge in [-0.15, -0.1) is 5.10 Å². The number of tetrazole rings is 1. The van der Waals surface area contributed by atoms with Crippen LogP contribution < -0.4 is 5.32 Å². The Balaban J connectivity index is 1.67. The van der Waals surface area contributed by atoms with Crippen molar-refractivity contribution in [2.45, 2.75) is 12.5 Å². The van der Waals surface area contributed by atoms with Crippen molar-refractivity contribution in [1.29, 1.82) is 0 Å².